The van der Waals surface area contributed by atoms with Crippen LogP contribution in [0, 0.1) is 5.82 Å². The molecule has 0 spiro atoms. The van der Waals surface area contributed by atoms with Gasteiger partial charge in [0, 0.05) is 24.3 Å². The third kappa shape index (κ3) is 4.35. The summed E-state index contributed by atoms with van der Waals surface area (Å²) in [6.45, 7) is 0. The molecular weight excluding hydrogens is 321 g/mol. The first kappa shape index (κ1) is 17.0. The predicted octanol–water partition coefficient (Wildman–Crippen LogP) is 2.62. The molecule has 1 atom stereocenters. The molecule has 1 fully saturated rings. The van der Waals surface area contributed by atoms with Gasteiger partial charge in [0.2, 0.25) is 5.91 Å². The number of hydrogen-bond acceptors (Lipinski definition) is 3. The second-order valence-corrected chi connectivity index (χ2v) is 6.07. The van der Waals surface area contributed by atoms with Gasteiger partial charge in [-0.3, -0.25) is 9.59 Å². The molecule has 0 aromatic heterocycles. The van der Waals surface area contributed by atoms with E-state index in [-0.39, 0.29) is 23.7 Å². The summed E-state index contributed by atoms with van der Waals surface area (Å²) >= 11 is 0. The Balaban J connectivity index is 1.85. The second kappa shape index (κ2) is 7.34. The fraction of sp³-hybridized carbons (Fsp3) is 0.263. The number of halogens is 1. The molecule has 2 aromatic carbocycles. The third-order valence-corrected chi connectivity index (χ3v) is 4.05. The largest absolute Gasteiger partial charge is 0.370 e. The summed E-state index contributed by atoms with van der Waals surface area (Å²) in [6, 6.07) is 12.3. The smallest absolute Gasteiger partial charge is 0.251 e. The highest BCUT2D eigenvalue weighted by Crippen LogP contribution is 2.24. The summed E-state index contributed by atoms with van der Waals surface area (Å²) in [6.07, 6.45) is 1.96. The quantitative estimate of drug-likeness (QED) is 0.756. The zero-order chi connectivity index (χ0) is 17.8. The van der Waals surface area contributed by atoms with Crippen LogP contribution in [0.3, 0.4) is 0 Å². The van der Waals surface area contributed by atoms with Gasteiger partial charge in [-0.25, -0.2) is 4.39 Å². The van der Waals surface area contributed by atoms with Crippen LogP contribution in [0.2, 0.25) is 0 Å². The molecule has 2 aromatic rings. The number of carbonyl (C=O) groups excluding carboxylic acids is 2. The van der Waals surface area contributed by atoms with E-state index in [9.17, 15) is 14.0 Å². The molecule has 1 aliphatic rings. The summed E-state index contributed by atoms with van der Waals surface area (Å²) in [5, 5.41) is 8.68. The maximum atomic E-state index is 13.2. The third-order valence-electron chi connectivity index (χ3n) is 4.05. The van der Waals surface area contributed by atoms with Gasteiger partial charge >= 0.3 is 0 Å². The molecule has 0 radical (unpaired) electrons. The van der Waals surface area contributed by atoms with Crippen molar-refractivity contribution in [3.63, 3.8) is 0 Å². The summed E-state index contributed by atoms with van der Waals surface area (Å²) in [4.78, 5) is 24.4. The number of rotatable bonds is 6. The fourth-order valence-electron chi connectivity index (χ4n) is 2.53. The molecule has 5 nitrogen and oxygen atoms in total. The summed E-state index contributed by atoms with van der Waals surface area (Å²) in [7, 11) is 1.56. The molecular formula is C19H20FN3O2. The highest BCUT2D eigenvalue weighted by atomic mass is 19.1. The zero-order valence-electron chi connectivity index (χ0n) is 13.9. The van der Waals surface area contributed by atoms with Crippen molar-refractivity contribution in [3.8, 4) is 0 Å². The van der Waals surface area contributed by atoms with E-state index in [1.165, 1.54) is 12.1 Å². The van der Waals surface area contributed by atoms with E-state index in [0.717, 1.165) is 12.8 Å². The molecule has 25 heavy (non-hydrogen) atoms. The summed E-state index contributed by atoms with van der Waals surface area (Å²) < 4.78 is 13.2. The number of nitrogens with one attached hydrogen (secondary N) is 3. The zero-order valence-corrected chi connectivity index (χ0v) is 13.9. The topological polar surface area (TPSA) is 70.2 Å². The van der Waals surface area contributed by atoms with E-state index < -0.39 is 6.04 Å². The average molecular weight is 341 g/mol. The Morgan fingerprint density at radius 3 is 2.48 bits per heavy atom. The van der Waals surface area contributed by atoms with Crippen LogP contribution in [0.4, 0.5) is 10.1 Å². The van der Waals surface area contributed by atoms with Gasteiger partial charge in [-0.15, -0.1) is 0 Å². The van der Waals surface area contributed by atoms with Gasteiger partial charge in [-0.2, -0.15) is 0 Å². The maximum absolute atomic E-state index is 13.2. The lowest BCUT2D eigenvalue weighted by atomic mass is 10.0. The van der Waals surface area contributed by atoms with Crippen molar-refractivity contribution in [1.82, 2.24) is 10.6 Å². The van der Waals surface area contributed by atoms with Crippen LogP contribution in [0.15, 0.2) is 48.5 Å². The van der Waals surface area contributed by atoms with Crippen LogP contribution in [0.1, 0.15) is 34.8 Å². The number of benzene rings is 2. The second-order valence-electron chi connectivity index (χ2n) is 6.07. The minimum absolute atomic E-state index is 0.167. The van der Waals surface area contributed by atoms with Gasteiger partial charge in [-0.05, 0) is 48.7 Å². The minimum atomic E-state index is -0.666. The summed E-state index contributed by atoms with van der Waals surface area (Å²) in [5.41, 5.74) is 1.79. The monoisotopic (exact) mass is 341 g/mol. The average Bonchev–Trinajstić information content (AvgIpc) is 3.44. The fourth-order valence-corrected chi connectivity index (χ4v) is 2.53. The standard InChI is InChI=1S/C19H20FN3O2/c1-21-18(24)13-3-2-4-16(11-13)22-17(19(25)23-15-9-10-15)12-5-7-14(20)8-6-12/h2-8,11,15,17,22H,9-10H2,1H3,(H,21,24)(H,23,25). The normalized spacial score (nSPS) is 14.5. The van der Waals surface area contributed by atoms with Crippen molar-refractivity contribution in [2.75, 3.05) is 12.4 Å². The van der Waals surface area contributed by atoms with Gasteiger partial charge in [-0.1, -0.05) is 18.2 Å². The highest BCUT2D eigenvalue weighted by Gasteiger charge is 2.28. The van der Waals surface area contributed by atoms with Crippen molar-refractivity contribution in [1.29, 1.82) is 0 Å². The van der Waals surface area contributed by atoms with Crippen molar-refractivity contribution in [2.24, 2.45) is 0 Å². The molecule has 6 heteroatoms. The van der Waals surface area contributed by atoms with E-state index in [0.29, 0.717) is 16.8 Å². The van der Waals surface area contributed by atoms with Crippen molar-refractivity contribution < 1.29 is 14.0 Å². The molecule has 0 saturated heterocycles. The van der Waals surface area contributed by atoms with Crippen molar-refractivity contribution in [3.05, 3.63) is 65.5 Å². The molecule has 2 amide bonds. The molecule has 0 heterocycles. The van der Waals surface area contributed by atoms with E-state index in [1.54, 1.807) is 43.4 Å². The van der Waals surface area contributed by atoms with Crippen LogP contribution in [0.5, 0.6) is 0 Å². The van der Waals surface area contributed by atoms with Gasteiger partial charge in [0.05, 0.1) is 0 Å². The van der Waals surface area contributed by atoms with Crippen LogP contribution in [0.25, 0.3) is 0 Å². The number of amides is 2. The maximum Gasteiger partial charge on any atom is 0.251 e. The molecule has 0 bridgehead atoms. The lowest BCUT2D eigenvalue weighted by Crippen LogP contribution is -2.34. The van der Waals surface area contributed by atoms with E-state index in [1.807, 2.05) is 0 Å². The predicted molar refractivity (Wildman–Crippen MR) is 93.8 cm³/mol. The van der Waals surface area contributed by atoms with E-state index in [4.69, 9.17) is 0 Å². The molecule has 1 saturated carbocycles. The Bertz CT molecular complexity index is 772. The minimum Gasteiger partial charge on any atom is -0.370 e. The van der Waals surface area contributed by atoms with Gasteiger partial charge in [0.15, 0.2) is 0 Å². The van der Waals surface area contributed by atoms with Gasteiger partial charge in [0.1, 0.15) is 11.9 Å². The SMILES string of the molecule is CNC(=O)c1cccc(NC(C(=O)NC2CC2)c2ccc(F)cc2)c1. The Hall–Kier alpha value is -2.89. The molecule has 0 aliphatic heterocycles. The van der Waals surface area contributed by atoms with Crippen LogP contribution in [-0.4, -0.2) is 24.9 Å². The molecule has 3 N–H and O–H groups in total. The molecule has 1 unspecified atom stereocenters. The summed E-state index contributed by atoms with van der Waals surface area (Å²) in [5.74, 6) is -0.726. The number of carbonyl (C=O) groups is 2. The molecule has 3 rings (SSSR count). The number of hydrogen-bond donors (Lipinski definition) is 3. The first-order chi connectivity index (χ1) is 12.1. The van der Waals surface area contributed by atoms with E-state index in [2.05, 4.69) is 16.0 Å². The first-order valence-corrected chi connectivity index (χ1v) is 8.21. The van der Waals surface area contributed by atoms with Crippen molar-refractivity contribution >= 4 is 17.5 Å². The lowest BCUT2D eigenvalue weighted by Gasteiger charge is -2.20. The lowest BCUT2D eigenvalue weighted by molar-refractivity contribution is -0.122. The molecule has 1 aliphatic carbocycles. The number of anilines is 1. The van der Waals surface area contributed by atoms with Crippen molar-refractivity contribution in [2.45, 2.75) is 24.9 Å². The van der Waals surface area contributed by atoms with Crippen LogP contribution >= 0.6 is 0 Å². The highest BCUT2D eigenvalue weighted by molar-refractivity contribution is 5.95. The Morgan fingerprint density at radius 1 is 1.12 bits per heavy atom. The first-order valence-electron chi connectivity index (χ1n) is 8.21. The Morgan fingerprint density at radius 2 is 1.84 bits per heavy atom. The Labute approximate surface area is 145 Å². The molecule has 130 valence electrons. The van der Waals surface area contributed by atoms with Gasteiger partial charge in [0.25, 0.3) is 5.91 Å². The Kier molecular flexibility index (Phi) is 4.97. The van der Waals surface area contributed by atoms with Gasteiger partial charge < -0.3 is 16.0 Å². The van der Waals surface area contributed by atoms with E-state index >= 15 is 0 Å². The van der Waals surface area contributed by atoms with Crippen LogP contribution in [-0.2, 0) is 4.79 Å². The van der Waals surface area contributed by atoms with Crippen LogP contribution < -0.4 is 16.0 Å².